The molecule has 0 atom stereocenters. The Balaban J connectivity index is 1.99. The van der Waals surface area contributed by atoms with Crippen LogP contribution in [0, 0.1) is 0 Å². The fraction of sp³-hybridized carbons (Fsp3) is 0.320. The normalized spacial score (nSPS) is 13.9. The van der Waals surface area contributed by atoms with E-state index in [-0.39, 0.29) is 34.9 Å². The van der Waals surface area contributed by atoms with Gasteiger partial charge < -0.3 is 14.6 Å². The Morgan fingerprint density at radius 1 is 1.06 bits per heavy atom. The van der Waals surface area contributed by atoms with E-state index >= 15 is 0 Å². The summed E-state index contributed by atoms with van der Waals surface area (Å²) in [4.78, 5) is 39.4. The highest BCUT2D eigenvalue weighted by atomic mass is 19.4. The minimum absolute atomic E-state index is 0.00705. The van der Waals surface area contributed by atoms with Crippen LogP contribution in [0.4, 0.5) is 13.2 Å². The van der Waals surface area contributed by atoms with Gasteiger partial charge in [0.2, 0.25) is 5.43 Å². The number of pyridine rings is 1. The molecular formula is C25H23F3N2O4. The molecule has 34 heavy (non-hydrogen) atoms. The van der Waals surface area contributed by atoms with Crippen LogP contribution < -0.4 is 5.43 Å². The summed E-state index contributed by atoms with van der Waals surface area (Å²) in [7, 11) is 0. The van der Waals surface area contributed by atoms with Gasteiger partial charge in [-0.05, 0) is 56.0 Å². The number of fused-ring (bicyclic) bond motifs is 1. The molecule has 0 bridgehead atoms. The van der Waals surface area contributed by atoms with Crippen molar-refractivity contribution in [3.05, 3.63) is 80.6 Å². The molecule has 1 fully saturated rings. The van der Waals surface area contributed by atoms with Gasteiger partial charge >= 0.3 is 12.1 Å². The van der Waals surface area contributed by atoms with Crippen molar-refractivity contribution >= 4 is 22.8 Å². The topological polar surface area (TPSA) is 79.6 Å². The molecule has 1 aromatic heterocycles. The van der Waals surface area contributed by atoms with Gasteiger partial charge in [-0.15, -0.1) is 0 Å². The number of carbonyl (C=O) groups excluding carboxylic acids is 1. The average Bonchev–Trinajstić information content (AvgIpc) is 2.71. The van der Waals surface area contributed by atoms with E-state index in [2.05, 4.69) is 0 Å². The third kappa shape index (κ3) is 4.18. The molecule has 1 N–H and O–H groups in total. The maximum absolute atomic E-state index is 13.6. The molecule has 0 unspecified atom stereocenters. The minimum atomic E-state index is -4.56. The molecular weight excluding hydrogens is 449 g/mol. The molecule has 9 heteroatoms. The van der Waals surface area contributed by atoms with Crippen molar-refractivity contribution in [3.63, 3.8) is 0 Å². The number of likely N-dealkylation sites (tertiary alicyclic amines) is 1. The molecule has 0 radical (unpaired) electrons. The first-order valence-electron chi connectivity index (χ1n) is 10.9. The second-order valence-electron chi connectivity index (χ2n) is 8.68. The summed E-state index contributed by atoms with van der Waals surface area (Å²) in [6.07, 6.45) is -2.68. The highest BCUT2D eigenvalue weighted by Crippen LogP contribution is 2.34. The monoisotopic (exact) mass is 472 g/mol. The molecule has 1 amide bonds. The summed E-state index contributed by atoms with van der Waals surface area (Å²) in [6, 6.07) is 7.82. The third-order valence-corrected chi connectivity index (χ3v) is 6.12. The lowest BCUT2D eigenvalue weighted by Crippen LogP contribution is -2.42. The summed E-state index contributed by atoms with van der Waals surface area (Å²) in [6.45, 7) is 4.63. The predicted octanol–water partition coefficient (Wildman–Crippen LogP) is 4.74. The number of halogens is 3. The van der Waals surface area contributed by atoms with Crippen LogP contribution in [0.15, 0.2) is 47.4 Å². The molecule has 0 spiro atoms. The highest BCUT2D eigenvalue weighted by Gasteiger charge is 2.33. The Morgan fingerprint density at radius 3 is 2.29 bits per heavy atom. The number of hydrogen-bond acceptors (Lipinski definition) is 3. The fourth-order valence-corrected chi connectivity index (χ4v) is 4.21. The zero-order valence-corrected chi connectivity index (χ0v) is 18.6. The third-order valence-electron chi connectivity index (χ3n) is 6.12. The van der Waals surface area contributed by atoms with Gasteiger partial charge in [0, 0.05) is 36.3 Å². The summed E-state index contributed by atoms with van der Waals surface area (Å²) in [5, 5.41) is 9.55. The standard InChI is InChI=1S/C25H23F3N2O4/c1-14(2)30-13-19(24(33)34)22(31)18-12-17(23(32)29-8-5-9-29)16(11-21(18)30)10-15-6-3-4-7-20(15)25(26,27)28/h3-4,6-7,11-14H,5,8-10H2,1-2H3,(H,33,34). The molecule has 0 aliphatic carbocycles. The van der Waals surface area contributed by atoms with Crippen LogP contribution >= 0.6 is 0 Å². The number of amides is 1. The van der Waals surface area contributed by atoms with Crippen molar-refractivity contribution in [1.82, 2.24) is 9.47 Å². The summed E-state index contributed by atoms with van der Waals surface area (Å²) in [5.74, 6) is -1.77. The number of alkyl halides is 3. The van der Waals surface area contributed by atoms with Gasteiger partial charge in [0.05, 0.1) is 11.1 Å². The lowest BCUT2D eigenvalue weighted by Gasteiger charge is -2.32. The van der Waals surface area contributed by atoms with Crippen molar-refractivity contribution in [2.24, 2.45) is 0 Å². The van der Waals surface area contributed by atoms with E-state index < -0.39 is 28.7 Å². The molecule has 6 nitrogen and oxygen atoms in total. The summed E-state index contributed by atoms with van der Waals surface area (Å²) < 4.78 is 42.5. The van der Waals surface area contributed by atoms with Crippen molar-refractivity contribution in [3.8, 4) is 0 Å². The van der Waals surface area contributed by atoms with Crippen molar-refractivity contribution in [2.75, 3.05) is 13.1 Å². The van der Waals surface area contributed by atoms with Crippen LogP contribution in [-0.4, -0.2) is 39.5 Å². The molecule has 1 saturated heterocycles. The van der Waals surface area contributed by atoms with Crippen LogP contribution in [0.25, 0.3) is 10.9 Å². The van der Waals surface area contributed by atoms with Crippen LogP contribution in [0.1, 0.15) is 63.7 Å². The van der Waals surface area contributed by atoms with Gasteiger partial charge in [-0.25, -0.2) is 4.79 Å². The van der Waals surface area contributed by atoms with E-state index in [9.17, 15) is 32.7 Å². The molecule has 4 rings (SSSR count). The van der Waals surface area contributed by atoms with E-state index in [1.165, 1.54) is 30.5 Å². The molecule has 2 aromatic carbocycles. The number of benzene rings is 2. The molecule has 1 aliphatic rings. The van der Waals surface area contributed by atoms with Gasteiger partial charge in [-0.1, -0.05) is 18.2 Å². The van der Waals surface area contributed by atoms with Gasteiger partial charge in [0.1, 0.15) is 5.56 Å². The highest BCUT2D eigenvalue weighted by molar-refractivity contribution is 6.01. The second-order valence-corrected chi connectivity index (χ2v) is 8.68. The Kier molecular flexibility index (Phi) is 5.97. The lowest BCUT2D eigenvalue weighted by atomic mass is 9.93. The summed E-state index contributed by atoms with van der Waals surface area (Å²) >= 11 is 0. The molecule has 178 valence electrons. The quantitative estimate of drug-likeness (QED) is 0.582. The first-order chi connectivity index (χ1) is 16.0. The maximum Gasteiger partial charge on any atom is 0.416 e. The van der Waals surface area contributed by atoms with E-state index in [4.69, 9.17) is 0 Å². The van der Waals surface area contributed by atoms with E-state index in [0.29, 0.717) is 24.2 Å². The van der Waals surface area contributed by atoms with Crippen LogP contribution in [0.3, 0.4) is 0 Å². The van der Waals surface area contributed by atoms with Crippen molar-refractivity contribution in [2.45, 2.75) is 38.9 Å². The summed E-state index contributed by atoms with van der Waals surface area (Å²) in [5.41, 5.74) is -1.13. The van der Waals surface area contributed by atoms with Crippen molar-refractivity contribution in [1.29, 1.82) is 0 Å². The van der Waals surface area contributed by atoms with Crippen LogP contribution in [0.5, 0.6) is 0 Å². The maximum atomic E-state index is 13.6. The van der Waals surface area contributed by atoms with Crippen molar-refractivity contribution < 1.29 is 27.9 Å². The number of carboxylic acid groups (broad SMARTS) is 1. The number of nitrogens with zero attached hydrogens (tertiary/aromatic N) is 2. The van der Waals surface area contributed by atoms with Crippen LogP contribution in [-0.2, 0) is 12.6 Å². The first kappa shape index (κ1) is 23.5. The van der Waals surface area contributed by atoms with E-state index in [0.717, 1.165) is 12.5 Å². The minimum Gasteiger partial charge on any atom is -0.477 e. The molecule has 1 aliphatic heterocycles. The zero-order chi connectivity index (χ0) is 24.8. The number of aromatic nitrogens is 1. The van der Waals surface area contributed by atoms with Crippen LogP contribution in [0.2, 0.25) is 0 Å². The van der Waals surface area contributed by atoms with Gasteiger partial charge in [0.25, 0.3) is 5.91 Å². The van der Waals surface area contributed by atoms with E-state index in [1.807, 2.05) is 0 Å². The Bertz CT molecular complexity index is 1350. The fourth-order valence-electron chi connectivity index (χ4n) is 4.21. The zero-order valence-electron chi connectivity index (χ0n) is 18.6. The largest absolute Gasteiger partial charge is 0.477 e. The number of aromatic carboxylic acids is 1. The number of carboxylic acids is 1. The number of rotatable bonds is 5. The molecule has 0 saturated carbocycles. The van der Waals surface area contributed by atoms with Gasteiger partial charge in [-0.2, -0.15) is 13.2 Å². The number of carbonyl (C=O) groups is 2. The van der Waals surface area contributed by atoms with Gasteiger partial charge in [-0.3, -0.25) is 9.59 Å². The van der Waals surface area contributed by atoms with Gasteiger partial charge in [0.15, 0.2) is 0 Å². The second kappa shape index (κ2) is 8.62. The SMILES string of the molecule is CC(C)n1cc(C(=O)O)c(=O)c2cc(C(=O)N3CCC3)c(Cc3ccccc3C(F)(F)F)cc21. The lowest BCUT2D eigenvalue weighted by molar-refractivity contribution is -0.138. The molecule has 2 heterocycles. The number of hydrogen-bond donors (Lipinski definition) is 1. The Morgan fingerprint density at radius 2 is 1.74 bits per heavy atom. The molecule has 3 aromatic rings. The Hall–Kier alpha value is -3.62. The van der Waals surface area contributed by atoms with E-state index in [1.54, 1.807) is 29.4 Å². The average molecular weight is 472 g/mol. The Labute approximate surface area is 193 Å². The predicted molar refractivity (Wildman–Crippen MR) is 120 cm³/mol. The first-order valence-corrected chi connectivity index (χ1v) is 10.9. The smallest absolute Gasteiger partial charge is 0.416 e.